The van der Waals surface area contributed by atoms with Crippen molar-refractivity contribution in [3.63, 3.8) is 0 Å². The molecule has 0 spiro atoms. The van der Waals surface area contributed by atoms with Crippen molar-refractivity contribution in [3.05, 3.63) is 42.0 Å². The average molecular weight is 184 g/mol. The molecule has 0 heterocycles. The summed E-state index contributed by atoms with van der Waals surface area (Å²) in [4.78, 5) is 0. The van der Waals surface area contributed by atoms with Gasteiger partial charge in [-0.1, -0.05) is 6.08 Å². The van der Waals surface area contributed by atoms with Crippen molar-refractivity contribution >= 4 is 5.69 Å². The van der Waals surface area contributed by atoms with Gasteiger partial charge in [0.05, 0.1) is 6.04 Å². The monoisotopic (exact) mass is 184 g/mol. The topological polar surface area (TPSA) is 52.0 Å². The third-order valence-corrected chi connectivity index (χ3v) is 1.69. The van der Waals surface area contributed by atoms with E-state index < -0.39 is 17.7 Å². The first kappa shape index (κ1) is 9.67. The first-order valence-electron chi connectivity index (χ1n) is 3.68. The minimum absolute atomic E-state index is 0.0370. The van der Waals surface area contributed by atoms with E-state index >= 15 is 0 Å². The smallest absolute Gasteiger partial charge is 0.133 e. The van der Waals surface area contributed by atoms with Gasteiger partial charge in [0.15, 0.2) is 0 Å². The molecule has 0 amide bonds. The van der Waals surface area contributed by atoms with Crippen LogP contribution in [0.2, 0.25) is 0 Å². The zero-order chi connectivity index (χ0) is 10.0. The second-order valence-electron chi connectivity index (χ2n) is 2.66. The molecule has 0 radical (unpaired) electrons. The highest BCUT2D eigenvalue weighted by molar-refractivity contribution is 5.42. The number of nitrogen functional groups attached to an aromatic ring is 1. The highest BCUT2D eigenvalue weighted by atomic mass is 19.1. The second kappa shape index (κ2) is 3.53. The fourth-order valence-corrected chi connectivity index (χ4v) is 1.04. The minimum atomic E-state index is -0.847. The molecule has 2 nitrogen and oxygen atoms in total. The van der Waals surface area contributed by atoms with Crippen LogP contribution in [-0.2, 0) is 0 Å². The summed E-state index contributed by atoms with van der Waals surface area (Å²) in [6, 6.07) is 1.21. The van der Waals surface area contributed by atoms with E-state index in [9.17, 15) is 8.78 Å². The Morgan fingerprint density at radius 3 is 2.15 bits per heavy atom. The molecule has 1 rings (SSSR count). The van der Waals surface area contributed by atoms with Gasteiger partial charge in [-0.25, -0.2) is 8.78 Å². The minimum Gasteiger partial charge on any atom is -0.399 e. The lowest BCUT2D eigenvalue weighted by molar-refractivity contribution is 0.547. The molecule has 1 aromatic carbocycles. The van der Waals surface area contributed by atoms with Crippen molar-refractivity contribution in [2.75, 3.05) is 5.73 Å². The van der Waals surface area contributed by atoms with Crippen LogP contribution in [0, 0.1) is 11.6 Å². The van der Waals surface area contributed by atoms with E-state index in [4.69, 9.17) is 11.5 Å². The van der Waals surface area contributed by atoms with Crippen LogP contribution < -0.4 is 11.5 Å². The molecule has 0 fully saturated rings. The maximum absolute atomic E-state index is 13.1. The molecule has 0 saturated heterocycles. The molecule has 0 aliphatic heterocycles. The molecule has 13 heavy (non-hydrogen) atoms. The van der Waals surface area contributed by atoms with Crippen molar-refractivity contribution < 1.29 is 8.78 Å². The van der Waals surface area contributed by atoms with Crippen LogP contribution in [0.3, 0.4) is 0 Å². The lowest BCUT2D eigenvalue weighted by Gasteiger charge is -2.09. The zero-order valence-electron chi connectivity index (χ0n) is 6.93. The van der Waals surface area contributed by atoms with Crippen LogP contribution in [0.15, 0.2) is 24.8 Å². The van der Waals surface area contributed by atoms with E-state index in [0.717, 1.165) is 12.1 Å². The quantitative estimate of drug-likeness (QED) is 0.543. The Labute approximate surface area is 74.8 Å². The SMILES string of the molecule is C=C[C@H](N)c1c(F)cc(N)cc1F. The van der Waals surface area contributed by atoms with E-state index in [1.807, 2.05) is 0 Å². The molecule has 0 saturated carbocycles. The van der Waals surface area contributed by atoms with Gasteiger partial charge < -0.3 is 11.5 Å². The highest BCUT2D eigenvalue weighted by Gasteiger charge is 2.14. The fraction of sp³-hybridized carbons (Fsp3) is 0.111. The fourth-order valence-electron chi connectivity index (χ4n) is 1.04. The molecule has 0 aromatic heterocycles. The van der Waals surface area contributed by atoms with Crippen LogP contribution in [0.5, 0.6) is 0 Å². The van der Waals surface area contributed by atoms with Gasteiger partial charge in [0.1, 0.15) is 11.6 Å². The van der Waals surface area contributed by atoms with Crippen molar-refractivity contribution in [1.82, 2.24) is 0 Å². The summed E-state index contributed by atoms with van der Waals surface area (Å²) in [5.41, 5.74) is 10.5. The maximum atomic E-state index is 13.1. The molecule has 0 unspecified atom stereocenters. The average Bonchev–Trinajstić information content (AvgIpc) is 2.02. The van der Waals surface area contributed by atoms with Crippen LogP contribution in [0.1, 0.15) is 11.6 Å². The second-order valence-corrected chi connectivity index (χ2v) is 2.66. The summed E-state index contributed by atoms with van der Waals surface area (Å²) in [5, 5.41) is 0. The molecule has 0 bridgehead atoms. The number of anilines is 1. The Hall–Kier alpha value is -1.42. The van der Waals surface area contributed by atoms with Crippen molar-refractivity contribution in [2.24, 2.45) is 5.73 Å². The third-order valence-electron chi connectivity index (χ3n) is 1.69. The molecular weight excluding hydrogens is 174 g/mol. The lowest BCUT2D eigenvalue weighted by atomic mass is 10.1. The summed E-state index contributed by atoms with van der Waals surface area (Å²) < 4.78 is 26.2. The van der Waals surface area contributed by atoms with Gasteiger partial charge in [-0.3, -0.25) is 0 Å². The van der Waals surface area contributed by atoms with Crippen LogP contribution >= 0.6 is 0 Å². The van der Waals surface area contributed by atoms with Gasteiger partial charge >= 0.3 is 0 Å². The summed E-state index contributed by atoms with van der Waals surface area (Å²) in [6.07, 6.45) is 1.26. The molecule has 1 atom stereocenters. The van der Waals surface area contributed by atoms with Crippen molar-refractivity contribution in [3.8, 4) is 0 Å². The molecular formula is C9H10F2N2. The van der Waals surface area contributed by atoms with Gasteiger partial charge in [-0.15, -0.1) is 6.58 Å². The van der Waals surface area contributed by atoms with Gasteiger partial charge in [0.25, 0.3) is 0 Å². The van der Waals surface area contributed by atoms with Crippen LogP contribution in [-0.4, -0.2) is 0 Å². The number of halogens is 2. The van der Waals surface area contributed by atoms with Crippen LogP contribution in [0.25, 0.3) is 0 Å². The highest BCUT2D eigenvalue weighted by Crippen LogP contribution is 2.22. The van der Waals surface area contributed by atoms with E-state index in [-0.39, 0.29) is 11.3 Å². The first-order valence-corrected chi connectivity index (χ1v) is 3.68. The number of nitrogens with two attached hydrogens (primary N) is 2. The summed E-state index contributed by atoms with van der Waals surface area (Å²) in [7, 11) is 0. The van der Waals surface area contributed by atoms with E-state index in [0.29, 0.717) is 0 Å². The molecule has 70 valence electrons. The number of hydrogen-bond donors (Lipinski definition) is 2. The van der Waals surface area contributed by atoms with Crippen LogP contribution in [0.4, 0.5) is 14.5 Å². The largest absolute Gasteiger partial charge is 0.399 e. The molecule has 0 aliphatic rings. The standard InChI is InChI=1S/C9H10F2N2/c1-2-8(13)9-6(10)3-5(12)4-7(9)11/h2-4,8H,1,12-13H2/t8-/m0/s1. The normalized spacial score (nSPS) is 12.5. The molecule has 4 heteroatoms. The predicted molar refractivity (Wildman–Crippen MR) is 47.9 cm³/mol. The number of benzene rings is 1. The van der Waals surface area contributed by atoms with Crippen molar-refractivity contribution in [2.45, 2.75) is 6.04 Å². The summed E-state index contributed by atoms with van der Waals surface area (Å²) in [6.45, 7) is 3.35. The van der Waals surface area contributed by atoms with Gasteiger partial charge in [-0.05, 0) is 12.1 Å². The summed E-state index contributed by atoms with van der Waals surface area (Å²) in [5.74, 6) is -1.49. The number of hydrogen-bond acceptors (Lipinski definition) is 2. The maximum Gasteiger partial charge on any atom is 0.133 e. The molecule has 4 N–H and O–H groups in total. The Bertz CT molecular complexity index is 313. The van der Waals surface area contributed by atoms with Gasteiger partial charge in [0, 0.05) is 11.3 Å². The van der Waals surface area contributed by atoms with E-state index in [1.54, 1.807) is 0 Å². The van der Waals surface area contributed by atoms with Crippen molar-refractivity contribution in [1.29, 1.82) is 0 Å². The molecule has 0 aliphatic carbocycles. The molecule has 1 aromatic rings. The Balaban J connectivity index is 3.28. The zero-order valence-corrected chi connectivity index (χ0v) is 6.93. The van der Waals surface area contributed by atoms with Gasteiger partial charge in [-0.2, -0.15) is 0 Å². The predicted octanol–water partition coefficient (Wildman–Crippen LogP) is 1.73. The summed E-state index contributed by atoms with van der Waals surface area (Å²) >= 11 is 0. The lowest BCUT2D eigenvalue weighted by Crippen LogP contribution is -2.11. The van der Waals surface area contributed by atoms with E-state index in [2.05, 4.69) is 6.58 Å². The number of rotatable bonds is 2. The third kappa shape index (κ3) is 1.84. The first-order chi connectivity index (χ1) is 6.06. The van der Waals surface area contributed by atoms with E-state index in [1.165, 1.54) is 6.08 Å². The Morgan fingerprint density at radius 2 is 1.77 bits per heavy atom. The Morgan fingerprint density at radius 1 is 1.31 bits per heavy atom. The Kier molecular flexibility index (Phi) is 2.63. The van der Waals surface area contributed by atoms with Gasteiger partial charge in [0.2, 0.25) is 0 Å².